The van der Waals surface area contributed by atoms with Crippen LogP contribution in [0, 0.1) is 5.92 Å². The minimum Gasteiger partial charge on any atom is -0.340 e. The Kier molecular flexibility index (Phi) is 2.33. The smallest absolute Gasteiger partial charge is 0.0947 e. The van der Waals surface area contributed by atoms with Gasteiger partial charge < -0.3 is 4.57 Å². The van der Waals surface area contributed by atoms with Gasteiger partial charge in [0.1, 0.15) is 0 Å². The highest BCUT2D eigenvalue weighted by Gasteiger charge is 2.28. The summed E-state index contributed by atoms with van der Waals surface area (Å²) in [6, 6.07) is 0.245. The maximum atomic E-state index is 5.53. The van der Waals surface area contributed by atoms with Crippen molar-refractivity contribution in [3.05, 3.63) is 18.2 Å². The van der Waals surface area contributed by atoms with E-state index in [1.807, 2.05) is 24.1 Å². The van der Waals surface area contributed by atoms with E-state index in [4.69, 9.17) is 5.84 Å². The number of hydrogen-bond acceptors (Lipinski definition) is 3. The van der Waals surface area contributed by atoms with Gasteiger partial charge in [-0.1, -0.05) is 6.42 Å². The zero-order valence-corrected chi connectivity index (χ0v) is 7.90. The molecule has 3 N–H and O–H groups in total. The highest BCUT2D eigenvalue weighted by molar-refractivity contribution is 5.06. The van der Waals surface area contributed by atoms with Crippen LogP contribution < -0.4 is 11.3 Å². The number of hydrogen-bond donors (Lipinski definition) is 2. The monoisotopic (exact) mass is 180 g/mol. The van der Waals surface area contributed by atoms with Gasteiger partial charge in [0, 0.05) is 13.2 Å². The summed E-state index contributed by atoms with van der Waals surface area (Å²) >= 11 is 0. The molecule has 1 atom stereocenters. The number of imidazole rings is 1. The highest BCUT2D eigenvalue weighted by atomic mass is 15.2. The largest absolute Gasteiger partial charge is 0.340 e. The molecule has 4 heteroatoms. The minimum atomic E-state index is 0.245. The highest BCUT2D eigenvalue weighted by Crippen LogP contribution is 2.36. The van der Waals surface area contributed by atoms with Gasteiger partial charge in [-0.15, -0.1) is 0 Å². The second-order valence-corrected chi connectivity index (χ2v) is 3.80. The molecule has 1 aliphatic carbocycles. The fourth-order valence-electron chi connectivity index (χ4n) is 1.83. The molecule has 1 aromatic heterocycles. The molecule has 4 nitrogen and oxygen atoms in total. The first-order valence-electron chi connectivity index (χ1n) is 4.75. The molecule has 0 aromatic carbocycles. The van der Waals surface area contributed by atoms with Crippen LogP contribution in [-0.4, -0.2) is 9.55 Å². The van der Waals surface area contributed by atoms with Crippen LogP contribution in [0.2, 0.25) is 0 Å². The molecule has 1 unspecified atom stereocenters. The lowest BCUT2D eigenvalue weighted by Gasteiger charge is -2.32. The molecule has 1 fully saturated rings. The first-order chi connectivity index (χ1) is 6.31. The van der Waals surface area contributed by atoms with Crippen molar-refractivity contribution in [2.24, 2.45) is 18.8 Å². The summed E-state index contributed by atoms with van der Waals surface area (Å²) in [7, 11) is 1.98. The van der Waals surface area contributed by atoms with Gasteiger partial charge in [-0.25, -0.2) is 4.98 Å². The summed E-state index contributed by atoms with van der Waals surface area (Å²) in [5.41, 5.74) is 3.92. The molecule has 0 bridgehead atoms. The Morgan fingerprint density at radius 1 is 1.69 bits per heavy atom. The summed E-state index contributed by atoms with van der Waals surface area (Å²) in [5, 5.41) is 0. The molecule has 1 aliphatic rings. The van der Waals surface area contributed by atoms with Gasteiger partial charge >= 0.3 is 0 Å². The fraction of sp³-hybridized carbons (Fsp3) is 0.667. The normalized spacial score (nSPS) is 19.8. The minimum absolute atomic E-state index is 0.245. The van der Waals surface area contributed by atoms with E-state index in [-0.39, 0.29) is 6.04 Å². The van der Waals surface area contributed by atoms with E-state index >= 15 is 0 Å². The molecule has 1 aromatic rings. The SMILES string of the molecule is Cn1cnc(C(NN)C2CCC2)c1. The summed E-state index contributed by atoms with van der Waals surface area (Å²) in [5.74, 6) is 6.21. The molecule has 0 spiro atoms. The topological polar surface area (TPSA) is 55.9 Å². The van der Waals surface area contributed by atoms with Crippen LogP contribution in [0.4, 0.5) is 0 Å². The Labute approximate surface area is 78.1 Å². The summed E-state index contributed by atoms with van der Waals surface area (Å²) in [6.07, 6.45) is 7.72. The lowest BCUT2D eigenvalue weighted by molar-refractivity contribution is 0.229. The first-order valence-corrected chi connectivity index (χ1v) is 4.75. The Balaban J connectivity index is 2.11. The number of aromatic nitrogens is 2. The van der Waals surface area contributed by atoms with Crippen LogP contribution in [-0.2, 0) is 7.05 Å². The maximum absolute atomic E-state index is 5.53. The molecule has 0 amide bonds. The summed E-state index contributed by atoms with van der Waals surface area (Å²) in [4.78, 5) is 4.31. The molecule has 0 saturated heterocycles. The molecular weight excluding hydrogens is 164 g/mol. The molecular formula is C9H16N4. The van der Waals surface area contributed by atoms with E-state index < -0.39 is 0 Å². The lowest BCUT2D eigenvalue weighted by Crippen LogP contribution is -2.36. The zero-order chi connectivity index (χ0) is 9.26. The van der Waals surface area contributed by atoms with E-state index in [1.54, 1.807) is 0 Å². The Hall–Kier alpha value is -0.870. The Bertz CT molecular complexity index is 277. The first kappa shape index (κ1) is 8.72. The number of nitrogens with zero attached hydrogens (tertiary/aromatic N) is 2. The van der Waals surface area contributed by atoms with E-state index in [9.17, 15) is 0 Å². The van der Waals surface area contributed by atoms with E-state index in [2.05, 4.69) is 10.4 Å². The van der Waals surface area contributed by atoms with Crippen LogP contribution in [0.1, 0.15) is 31.0 Å². The van der Waals surface area contributed by atoms with Crippen LogP contribution in [0.15, 0.2) is 12.5 Å². The van der Waals surface area contributed by atoms with Gasteiger partial charge in [0.2, 0.25) is 0 Å². The zero-order valence-electron chi connectivity index (χ0n) is 7.90. The Morgan fingerprint density at radius 2 is 2.46 bits per heavy atom. The molecule has 2 rings (SSSR count). The van der Waals surface area contributed by atoms with Crippen molar-refractivity contribution >= 4 is 0 Å². The maximum Gasteiger partial charge on any atom is 0.0947 e. The van der Waals surface area contributed by atoms with Crippen molar-refractivity contribution in [1.29, 1.82) is 0 Å². The summed E-state index contributed by atoms with van der Waals surface area (Å²) in [6.45, 7) is 0. The third kappa shape index (κ3) is 1.59. The fourth-order valence-corrected chi connectivity index (χ4v) is 1.83. The number of nitrogens with one attached hydrogen (secondary N) is 1. The van der Waals surface area contributed by atoms with Crippen LogP contribution in [0.3, 0.4) is 0 Å². The van der Waals surface area contributed by atoms with Crippen LogP contribution >= 0.6 is 0 Å². The molecule has 72 valence electrons. The number of rotatable bonds is 3. The molecule has 1 heterocycles. The van der Waals surface area contributed by atoms with Gasteiger partial charge in [0.15, 0.2) is 0 Å². The lowest BCUT2D eigenvalue weighted by atomic mass is 9.79. The molecule has 0 radical (unpaired) electrons. The van der Waals surface area contributed by atoms with E-state index in [0.717, 1.165) is 5.69 Å². The quantitative estimate of drug-likeness (QED) is 0.532. The van der Waals surface area contributed by atoms with E-state index in [1.165, 1.54) is 19.3 Å². The molecule has 1 saturated carbocycles. The van der Waals surface area contributed by atoms with Crippen molar-refractivity contribution in [3.63, 3.8) is 0 Å². The van der Waals surface area contributed by atoms with Crippen molar-refractivity contribution < 1.29 is 0 Å². The second-order valence-electron chi connectivity index (χ2n) is 3.80. The number of hydrazine groups is 1. The van der Waals surface area contributed by atoms with Gasteiger partial charge in [-0.3, -0.25) is 11.3 Å². The van der Waals surface area contributed by atoms with E-state index in [0.29, 0.717) is 5.92 Å². The number of nitrogens with two attached hydrogens (primary N) is 1. The molecule has 13 heavy (non-hydrogen) atoms. The predicted molar refractivity (Wildman–Crippen MR) is 50.6 cm³/mol. The van der Waals surface area contributed by atoms with Gasteiger partial charge in [0.25, 0.3) is 0 Å². The average molecular weight is 180 g/mol. The summed E-state index contributed by atoms with van der Waals surface area (Å²) < 4.78 is 1.96. The van der Waals surface area contributed by atoms with Crippen LogP contribution in [0.5, 0.6) is 0 Å². The third-order valence-electron chi connectivity index (χ3n) is 2.84. The average Bonchev–Trinajstić information content (AvgIpc) is 2.43. The van der Waals surface area contributed by atoms with Crippen molar-refractivity contribution in [2.75, 3.05) is 0 Å². The van der Waals surface area contributed by atoms with Crippen molar-refractivity contribution in [1.82, 2.24) is 15.0 Å². The second kappa shape index (κ2) is 3.47. The van der Waals surface area contributed by atoms with Gasteiger partial charge in [-0.05, 0) is 18.8 Å². The van der Waals surface area contributed by atoms with Crippen molar-refractivity contribution in [3.8, 4) is 0 Å². The molecule has 0 aliphatic heterocycles. The van der Waals surface area contributed by atoms with Gasteiger partial charge in [0.05, 0.1) is 18.1 Å². The Morgan fingerprint density at radius 3 is 2.85 bits per heavy atom. The third-order valence-corrected chi connectivity index (χ3v) is 2.84. The standard InChI is InChI=1S/C9H16N4/c1-13-5-8(11-6-13)9(12-10)7-3-2-4-7/h5-7,9,12H,2-4,10H2,1H3. The van der Waals surface area contributed by atoms with Crippen molar-refractivity contribution in [2.45, 2.75) is 25.3 Å². The van der Waals surface area contributed by atoms with Gasteiger partial charge in [-0.2, -0.15) is 0 Å². The predicted octanol–water partition coefficient (Wildman–Crippen LogP) is 0.725. The number of aryl methyl sites for hydroxylation is 1. The van der Waals surface area contributed by atoms with Crippen LogP contribution in [0.25, 0.3) is 0 Å².